The molecule has 3 nitrogen and oxygen atoms in total. The highest BCUT2D eigenvalue weighted by atomic mass is 16.6. The zero-order valence-corrected chi connectivity index (χ0v) is 9.16. The van der Waals surface area contributed by atoms with Crippen molar-refractivity contribution in [3.05, 3.63) is 34.9 Å². The lowest BCUT2D eigenvalue weighted by molar-refractivity contribution is -0.137. The van der Waals surface area contributed by atoms with Crippen LogP contribution in [0.3, 0.4) is 0 Å². The molecule has 0 unspecified atom stereocenters. The first-order chi connectivity index (χ1) is 7.02. The smallest absolute Gasteiger partial charge is 0.345 e. The molecule has 0 atom stereocenters. The molecule has 0 saturated heterocycles. The Morgan fingerprint density at radius 3 is 2.13 bits per heavy atom. The molecule has 3 heteroatoms. The van der Waals surface area contributed by atoms with E-state index in [1.807, 2.05) is 19.9 Å². The fourth-order valence-electron chi connectivity index (χ4n) is 1.33. The number of rotatable bonds is 2. The van der Waals surface area contributed by atoms with Crippen LogP contribution < -0.4 is 0 Å². The zero-order valence-electron chi connectivity index (χ0n) is 9.16. The van der Waals surface area contributed by atoms with Gasteiger partial charge in [0, 0.05) is 6.42 Å². The molecule has 0 aliphatic rings. The third kappa shape index (κ3) is 3.20. The molecule has 15 heavy (non-hydrogen) atoms. The quantitative estimate of drug-likeness (QED) is 0.551. The van der Waals surface area contributed by atoms with Crippen LogP contribution >= 0.6 is 0 Å². The Labute approximate surface area is 89.1 Å². The number of carbonyl (C=O) groups excluding carboxylic acids is 2. The summed E-state index contributed by atoms with van der Waals surface area (Å²) in [4.78, 5) is 22.4. The van der Waals surface area contributed by atoms with Gasteiger partial charge in [-0.2, -0.15) is 0 Å². The van der Waals surface area contributed by atoms with Crippen molar-refractivity contribution in [1.82, 2.24) is 0 Å². The number of aryl methyl sites for hydroxylation is 2. The summed E-state index contributed by atoms with van der Waals surface area (Å²) in [5.41, 5.74) is 2.38. The van der Waals surface area contributed by atoms with Gasteiger partial charge < -0.3 is 4.74 Å². The van der Waals surface area contributed by atoms with E-state index >= 15 is 0 Å². The summed E-state index contributed by atoms with van der Waals surface area (Å²) in [5.74, 6) is -1.08. The van der Waals surface area contributed by atoms with Gasteiger partial charge in [0.15, 0.2) is 0 Å². The largest absolute Gasteiger partial charge is 0.389 e. The fourth-order valence-corrected chi connectivity index (χ4v) is 1.33. The predicted octanol–water partition coefficient (Wildman–Crippen LogP) is 2.40. The summed E-state index contributed by atoms with van der Waals surface area (Å²) < 4.78 is 4.62. The van der Waals surface area contributed by atoms with Gasteiger partial charge in [0.05, 0.1) is 5.56 Å². The molecule has 0 heterocycles. The average molecular weight is 206 g/mol. The van der Waals surface area contributed by atoms with Crippen LogP contribution in [0, 0.1) is 13.8 Å². The summed E-state index contributed by atoms with van der Waals surface area (Å²) in [6.45, 7) is 5.44. The van der Waals surface area contributed by atoms with Crippen LogP contribution in [0.5, 0.6) is 0 Å². The van der Waals surface area contributed by atoms with Crippen LogP contribution in [0.2, 0.25) is 0 Å². The third-order valence-corrected chi connectivity index (χ3v) is 1.95. The molecule has 1 aromatic carbocycles. The maximum Gasteiger partial charge on any atom is 0.345 e. The number of benzene rings is 1. The second-order valence-electron chi connectivity index (χ2n) is 3.49. The summed E-state index contributed by atoms with van der Waals surface area (Å²) in [6, 6.07) is 5.37. The highest BCUT2D eigenvalue weighted by Gasteiger charge is 2.11. The van der Waals surface area contributed by atoms with Crippen LogP contribution in [-0.4, -0.2) is 11.9 Å². The maximum atomic E-state index is 11.5. The van der Waals surface area contributed by atoms with Crippen molar-refractivity contribution in [2.45, 2.75) is 27.2 Å². The van der Waals surface area contributed by atoms with Gasteiger partial charge in [-0.05, 0) is 26.0 Å². The lowest BCUT2D eigenvalue weighted by Gasteiger charge is -2.03. The first-order valence-corrected chi connectivity index (χ1v) is 4.86. The van der Waals surface area contributed by atoms with E-state index in [4.69, 9.17) is 0 Å². The van der Waals surface area contributed by atoms with E-state index < -0.39 is 11.9 Å². The molecule has 0 N–H and O–H groups in total. The van der Waals surface area contributed by atoms with E-state index in [0.717, 1.165) is 11.1 Å². The molecule has 0 saturated carbocycles. The van der Waals surface area contributed by atoms with Crippen LogP contribution in [0.1, 0.15) is 34.8 Å². The first kappa shape index (κ1) is 11.4. The molecule has 0 aliphatic carbocycles. The number of hydrogen-bond acceptors (Lipinski definition) is 3. The molecule has 0 amide bonds. The second-order valence-corrected chi connectivity index (χ2v) is 3.49. The van der Waals surface area contributed by atoms with Crippen molar-refractivity contribution in [1.29, 1.82) is 0 Å². The number of carbonyl (C=O) groups is 2. The normalized spacial score (nSPS) is 9.80. The third-order valence-electron chi connectivity index (χ3n) is 1.95. The predicted molar refractivity (Wildman–Crippen MR) is 56.6 cm³/mol. The summed E-state index contributed by atoms with van der Waals surface area (Å²) in [7, 11) is 0. The minimum atomic E-state index is -0.575. The SMILES string of the molecule is CCC(=O)OC(=O)c1cc(C)cc(C)c1. The average Bonchev–Trinajstić information content (AvgIpc) is 2.16. The van der Waals surface area contributed by atoms with Gasteiger partial charge in [-0.1, -0.05) is 24.1 Å². The van der Waals surface area contributed by atoms with Crippen molar-refractivity contribution < 1.29 is 14.3 Å². The Morgan fingerprint density at radius 2 is 1.67 bits per heavy atom. The van der Waals surface area contributed by atoms with Crippen LogP contribution in [0.4, 0.5) is 0 Å². The molecule has 80 valence electrons. The van der Waals surface area contributed by atoms with E-state index in [0.29, 0.717) is 5.56 Å². The lowest BCUT2D eigenvalue weighted by Crippen LogP contribution is -2.11. The van der Waals surface area contributed by atoms with Gasteiger partial charge in [-0.15, -0.1) is 0 Å². The molecule has 1 rings (SSSR count). The Hall–Kier alpha value is -1.64. The Bertz CT molecular complexity index is 374. The van der Waals surface area contributed by atoms with Gasteiger partial charge >= 0.3 is 11.9 Å². The van der Waals surface area contributed by atoms with E-state index in [1.54, 1.807) is 19.1 Å². The van der Waals surface area contributed by atoms with Gasteiger partial charge in [-0.25, -0.2) is 4.79 Å². The molecular formula is C12H14O3. The Morgan fingerprint density at radius 1 is 1.13 bits per heavy atom. The summed E-state index contributed by atoms with van der Waals surface area (Å²) in [6.07, 6.45) is 0.205. The topological polar surface area (TPSA) is 43.4 Å². The van der Waals surface area contributed by atoms with Crippen molar-refractivity contribution in [3.63, 3.8) is 0 Å². The van der Waals surface area contributed by atoms with E-state index in [1.165, 1.54) is 0 Å². The molecule has 0 aliphatic heterocycles. The highest BCUT2D eigenvalue weighted by molar-refractivity contribution is 5.96. The Balaban J connectivity index is 2.86. The number of ether oxygens (including phenoxy) is 1. The molecule has 1 aromatic rings. The van der Waals surface area contributed by atoms with Crippen molar-refractivity contribution in [2.75, 3.05) is 0 Å². The van der Waals surface area contributed by atoms with Gasteiger partial charge in [0.1, 0.15) is 0 Å². The number of esters is 2. The lowest BCUT2D eigenvalue weighted by atomic mass is 10.1. The van der Waals surface area contributed by atoms with Gasteiger partial charge in [-0.3, -0.25) is 4.79 Å². The van der Waals surface area contributed by atoms with E-state index in [-0.39, 0.29) is 6.42 Å². The molecular weight excluding hydrogens is 192 g/mol. The minimum absolute atomic E-state index is 0.205. The second kappa shape index (κ2) is 4.73. The fraction of sp³-hybridized carbons (Fsp3) is 0.333. The monoisotopic (exact) mass is 206 g/mol. The first-order valence-electron chi connectivity index (χ1n) is 4.86. The van der Waals surface area contributed by atoms with Gasteiger partial charge in [0.25, 0.3) is 0 Å². The minimum Gasteiger partial charge on any atom is -0.389 e. The standard InChI is InChI=1S/C12H14O3/c1-4-11(13)15-12(14)10-6-8(2)5-9(3)7-10/h5-7H,4H2,1-3H3. The van der Waals surface area contributed by atoms with Gasteiger partial charge in [0.2, 0.25) is 0 Å². The maximum absolute atomic E-state index is 11.5. The molecule has 0 radical (unpaired) electrons. The van der Waals surface area contributed by atoms with Crippen LogP contribution in [0.15, 0.2) is 18.2 Å². The van der Waals surface area contributed by atoms with Crippen molar-refractivity contribution >= 4 is 11.9 Å². The summed E-state index contributed by atoms with van der Waals surface area (Å²) >= 11 is 0. The molecule has 0 fully saturated rings. The van der Waals surface area contributed by atoms with Crippen LogP contribution in [-0.2, 0) is 9.53 Å². The Kier molecular flexibility index (Phi) is 3.61. The van der Waals surface area contributed by atoms with Crippen LogP contribution in [0.25, 0.3) is 0 Å². The van der Waals surface area contributed by atoms with E-state index in [9.17, 15) is 9.59 Å². The van der Waals surface area contributed by atoms with E-state index in [2.05, 4.69) is 4.74 Å². The molecule has 0 spiro atoms. The molecule has 0 bridgehead atoms. The zero-order chi connectivity index (χ0) is 11.4. The summed E-state index contributed by atoms with van der Waals surface area (Å²) in [5, 5.41) is 0. The molecule has 0 aromatic heterocycles. The van der Waals surface area contributed by atoms with Crippen molar-refractivity contribution in [3.8, 4) is 0 Å². The number of hydrogen-bond donors (Lipinski definition) is 0. The highest BCUT2D eigenvalue weighted by Crippen LogP contribution is 2.10. The van der Waals surface area contributed by atoms with Crippen molar-refractivity contribution in [2.24, 2.45) is 0 Å².